The number of rotatable bonds is 4. The summed E-state index contributed by atoms with van der Waals surface area (Å²) in [6.45, 7) is 0.670. The molecule has 2 aliphatic heterocycles. The number of benzene rings is 2. The van der Waals surface area contributed by atoms with Crippen LogP contribution in [0.25, 0.3) is 0 Å². The number of para-hydroxylation sites is 1. The molecular weight excluding hydrogens is 436 g/mol. The number of hydrogen-bond acceptors (Lipinski definition) is 4. The molecule has 1 aliphatic carbocycles. The number of carbonyl (C=O) groups is 1. The Bertz CT molecular complexity index is 1100. The summed E-state index contributed by atoms with van der Waals surface area (Å²) in [5.41, 5.74) is 0.811. The van der Waals surface area contributed by atoms with Crippen LogP contribution in [0.1, 0.15) is 63.0 Å². The van der Waals surface area contributed by atoms with Crippen molar-refractivity contribution in [3.63, 3.8) is 0 Å². The molecule has 0 unspecified atom stereocenters. The van der Waals surface area contributed by atoms with Crippen LogP contribution < -0.4 is 10.1 Å². The Labute approximate surface area is 196 Å². The molecule has 1 amide bonds. The molecule has 5 rings (SSSR count). The summed E-state index contributed by atoms with van der Waals surface area (Å²) in [4.78, 5) is 13.7. The Kier molecular flexibility index (Phi) is 6.18. The summed E-state index contributed by atoms with van der Waals surface area (Å²) in [6, 6.07) is 16.4. The third-order valence-corrected chi connectivity index (χ3v) is 9.29. The number of nitrogens with zero attached hydrogens (tertiary/aromatic N) is 1. The fraction of sp³-hybridized carbons (Fsp3) is 0.500. The van der Waals surface area contributed by atoms with Gasteiger partial charge in [-0.05, 0) is 56.7 Å². The average Bonchev–Trinajstić information content (AvgIpc) is 2.85. The Morgan fingerprint density at radius 2 is 1.70 bits per heavy atom. The third kappa shape index (κ3) is 4.53. The molecule has 1 spiro atoms. The van der Waals surface area contributed by atoms with Crippen LogP contribution in [0, 0.1) is 5.92 Å². The van der Waals surface area contributed by atoms with E-state index in [4.69, 9.17) is 4.74 Å². The number of hydrogen-bond donors (Lipinski definition) is 1. The third-order valence-electron chi connectivity index (χ3n) is 7.41. The Balaban J connectivity index is 1.32. The van der Waals surface area contributed by atoms with Crippen LogP contribution in [0.3, 0.4) is 0 Å². The fourth-order valence-electron chi connectivity index (χ4n) is 5.66. The molecule has 2 heterocycles. The number of amides is 1. The SMILES string of the molecule is O=C(N[C@@H]1CC2(CCCCC2)Oc2ccccc21)[C@H]1CCCN(S(=O)(=O)c2ccccc2)C1. The highest BCUT2D eigenvalue weighted by Crippen LogP contribution is 2.46. The van der Waals surface area contributed by atoms with Gasteiger partial charge in [-0.25, -0.2) is 8.42 Å². The Morgan fingerprint density at radius 3 is 2.48 bits per heavy atom. The van der Waals surface area contributed by atoms with Gasteiger partial charge in [-0.15, -0.1) is 0 Å². The first-order chi connectivity index (χ1) is 16.0. The first-order valence-corrected chi connectivity index (χ1v) is 13.5. The maximum absolute atomic E-state index is 13.4. The molecule has 2 fully saturated rings. The highest BCUT2D eigenvalue weighted by Gasteiger charge is 2.43. The van der Waals surface area contributed by atoms with Crippen molar-refractivity contribution in [2.24, 2.45) is 5.92 Å². The molecule has 3 aliphatic rings. The van der Waals surface area contributed by atoms with Gasteiger partial charge >= 0.3 is 0 Å². The lowest BCUT2D eigenvalue weighted by Crippen LogP contribution is -2.49. The normalized spacial score (nSPS) is 25.1. The van der Waals surface area contributed by atoms with Crippen molar-refractivity contribution in [1.29, 1.82) is 0 Å². The van der Waals surface area contributed by atoms with Crippen LogP contribution in [-0.2, 0) is 14.8 Å². The van der Waals surface area contributed by atoms with Crippen molar-refractivity contribution in [1.82, 2.24) is 9.62 Å². The molecule has 1 saturated heterocycles. The molecular formula is C26H32N2O4S. The quantitative estimate of drug-likeness (QED) is 0.720. The van der Waals surface area contributed by atoms with Gasteiger partial charge < -0.3 is 10.1 Å². The van der Waals surface area contributed by atoms with Crippen molar-refractivity contribution in [3.05, 3.63) is 60.2 Å². The number of nitrogens with one attached hydrogen (secondary N) is 1. The molecule has 176 valence electrons. The fourth-order valence-corrected chi connectivity index (χ4v) is 7.20. The summed E-state index contributed by atoms with van der Waals surface area (Å²) in [5.74, 6) is 0.457. The summed E-state index contributed by atoms with van der Waals surface area (Å²) in [7, 11) is -3.60. The number of sulfonamides is 1. The number of ether oxygens (including phenoxy) is 1. The minimum Gasteiger partial charge on any atom is -0.487 e. The minimum atomic E-state index is -3.60. The maximum atomic E-state index is 13.4. The van der Waals surface area contributed by atoms with E-state index in [0.717, 1.165) is 43.4 Å². The molecule has 1 saturated carbocycles. The largest absolute Gasteiger partial charge is 0.487 e. The molecule has 6 nitrogen and oxygen atoms in total. The molecule has 33 heavy (non-hydrogen) atoms. The van der Waals surface area contributed by atoms with E-state index in [1.54, 1.807) is 30.3 Å². The van der Waals surface area contributed by atoms with Gasteiger partial charge in [0.1, 0.15) is 11.4 Å². The first-order valence-electron chi connectivity index (χ1n) is 12.1. The van der Waals surface area contributed by atoms with E-state index in [1.807, 2.05) is 24.3 Å². The smallest absolute Gasteiger partial charge is 0.243 e. The van der Waals surface area contributed by atoms with E-state index in [0.29, 0.717) is 19.4 Å². The van der Waals surface area contributed by atoms with Crippen molar-refractivity contribution in [3.8, 4) is 5.75 Å². The molecule has 0 radical (unpaired) electrons. The maximum Gasteiger partial charge on any atom is 0.243 e. The molecule has 2 aromatic rings. The van der Waals surface area contributed by atoms with Gasteiger partial charge in [-0.2, -0.15) is 4.31 Å². The van der Waals surface area contributed by atoms with Gasteiger partial charge in [0, 0.05) is 25.1 Å². The lowest BCUT2D eigenvalue weighted by atomic mass is 9.77. The topological polar surface area (TPSA) is 75.7 Å². The van der Waals surface area contributed by atoms with Gasteiger partial charge in [-0.1, -0.05) is 42.8 Å². The monoisotopic (exact) mass is 468 g/mol. The lowest BCUT2D eigenvalue weighted by molar-refractivity contribution is -0.127. The Morgan fingerprint density at radius 1 is 0.970 bits per heavy atom. The van der Waals surface area contributed by atoms with Gasteiger partial charge in [0.05, 0.1) is 16.9 Å². The van der Waals surface area contributed by atoms with Crippen LogP contribution in [0.15, 0.2) is 59.5 Å². The first kappa shape index (κ1) is 22.4. The van der Waals surface area contributed by atoms with E-state index in [-0.39, 0.29) is 34.9 Å². The van der Waals surface area contributed by atoms with Crippen LogP contribution in [-0.4, -0.2) is 37.3 Å². The molecule has 7 heteroatoms. The zero-order valence-electron chi connectivity index (χ0n) is 18.9. The van der Waals surface area contributed by atoms with Crippen molar-refractivity contribution < 1.29 is 17.9 Å². The Hall–Kier alpha value is -2.38. The second-order valence-corrected chi connectivity index (χ2v) is 11.6. The standard InChI is InChI=1S/C26H32N2O4S/c29-25(20-10-9-17-28(19-20)33(30,31)21-11-3-1-4-12-21)27-23-18-26(15-7-2-8-16-26)32-24-14-6-5-13-22(23)24/h1,3-6,11-14,20,23H,2,7-10,15-19H2,(H,27,29)/t20-,23+/m0/s1. The van der Waals surface area contributed by atoms with Crippen LogP contribution >= 0.6 is 0 Å². The zero-order chi connectivity index (χ0) is 22.9. The zero-order valence-corrected chi connectivity index (χ0v) is 19.7. The summed E-state index contributed by atoms with van der Waals surface area (Å²) >= 11 is 0. The minimum absolute atomic E-state index is 0.0596. The van der Waals surface area contributed by atoms with E-state index < -0.39 is 10.0 Å². The van der Waals surface area contributed by atoms with Crippen LogP contribution in [0.2, 0.25) is 0 Å². The predicted octanol–water partition coefficient (Wildman–Crippen LogP) is 4.43. The number of carbonyl (C=O) groups excluding carboxylic acids is 1. The van der Waals surface area contributed by atoms with E-state index in [1.165, 1.54) is 10.7 Å². The average molecular weight is 469 g/mol. The highest BCUT2D eigenvalue weighted by atomic mass is 32.2. The van der Waals surface area contributed by atoms with Crippen LogP contribution in [0.4, 0.5) is 0 Å². The van der Waals surface area contributed by atoms with E-state index >= 15 is 0 Å². The van der Waals surface area contributed by atoms with Crippen molar-refractivity contribution in [2.45, 2.75) is 67.9 Å². The van der Waals surface area contributed by atoms with Gasteiger partial charge in [0.25, 0.3) is 0 Å². The van der Waals surface area contributed by atoms with Crippen molar-refractivity contribution in [2.75, 3.05) is 13.1 Å². The molecule has 1 N–H and O–H groups in total. The predicted molar refractivity (Wildman–Crippen MR) is 126 cm³/mol. The summed E-state index contributed by atoms with van der Waals surface area (Å²) < 4.78 is 34.1. The van der Waals surface area contributed by atoms with E-state index in [9.17, 15) is 13.2 Å². The van der Waals surface area contributed by atoms with Gasteiger partial charge in [-0.3, -0.25) is 4.79 Å². The molecule has 0 bridgehead atoms. The number of fused-ring (bicyclic) bond motifs is 1. The molecule has 2 atom stereocenters. The van der Waals surface area contributed by atoms with Crippen molar-refractivity contribution >= 4 is 15.9 Å². The second kappa shape index (κ2) is 9.11. The molecule has 0 aromatic heterocycles. The van der Waals surface area contributed by atoms with E-state index in [2.05, 4.69) is 5.32 Å². The molecule has 2 aromatic carbocycles. The summed E-state index contributed by atoms with van der Waals surface area (Å²) in [6.07, 6.45) is 7.71. The van der Waals surface area contributed by atoms with Gasteiger partial charge in [0.15, 0.2) is 0 Å². The number of piperidine rings is 1. The highest BCUT2D eigenvalue weighted by molar-refractivity contribution is 7.89. The lowest BCUT2D eigenvalue weighted by Gasteiger charge is -2.45. The van der Waals surface area contributed by atoms with Gasteiger partial charge in [0.2, 0.25) is 15.9 Å². The summed E-state index contributed by atoms with van der Waals surface area (Å²) in [5, 5.41) is 3.29. The van der Waals surface area contributed by atoms with Crippen LogP contribution in [0.5, 0.6) is 5.75 Å². The second-order valence-electron chi connectivity index (χ2n) is 9.66.